The normalized spacial score (nSPS) is 23.7. The highest BCUT2D eigenvalue weighted by atomic mass is 31.2. The van der Waals surface area contributed by atoms with Crippen LogP contribution < -0.4 is 5.32 Å². The number of aliphatic hydroxyl groups excluding tert-OH is 2. The molecule has 200 valence electrons. The number of ether oxygens (including phenoxy) is 1. The second-order valence-electron chi connectivity index (χ2n) is 8.48. The zero-order valence-corrected chi connectivity index (χ0v) is 21.2. The number of rotatable bonds is 11. The molecule has 2 aromatic heterocycles. The molecule has 3 heterocycles. The molecule has 1 fully saturated rings. The van der Waals surface area contributed by atoms with Gasteiger partial charge in [0.15, 0.2) is 23.2 Å². The summed E-state index contributed by atoms with van der Waals surface area (Å²) >= 11 is 0. The third-order valence-corrected chi connectivity index (χ3v) is 9.06. The van der Waals surface area contributed by atoms with Gasteiger partial charge in [0.1, 0.15) is 29.9 Å². The molecule has 5 atom stereocenters. The van der Waals surface area contributed by atoms with E-state index in [2.05, 4.69) is 26.8 Å². The van der Waals surface area contributed by atoms with E-state index in [0.29, 0.717) is 29.4 Å². The van der Waals surface area contributed by atoms with Gasteiger partial charge in [0.25, 0.3) is 0 Å². The van der Waals surface area contributed by atoms with E-state index in [-0.39, 0.29) is 6.54 Å². The summed E-state index contributed by atoms with van der Waals surface area (Å²) in [6.45, 7) is 3.56. The Morgan fingerprint density at radius 2 is 1.81 bits per heavy atom. The van der Waals surface area contributed by atoms with Crippen LogP contribution in [0.1, 0.15) is 11.4 Å². The van der Waals surface area contributed by atoms with Crippen LogP contribution in [0.2, 0.25) is 0 Å². The number of hydrogen-bond acceptors (Lipinski definition) is 10. The van der Waals surface area contributed by atoms with Gasteiger partial charge >= 0.3 is 15.2 Å². The smallest absolute Gasteiger partial charge is 0.340 e. The maximum atomic E-state index is 11.9. The van der Waals surface area contributed by atoms with Gasteiger partial charge in [0, 0.05) is 6.54 Å². The third kappa shape index (κ3) is 6.88. The average molecular weight is 555 g/mol. The fourth-order valence-corrected chi connectivity index (χ4v) is 6.43. The van der Waals surface area contributed by atoms with Crippen LogP contribution in [0.25, 0.3) is 17.2 Å². The summed E-state index contributed by atoms with van der Waals surface area (Å²) in [6.07, 6.45) is -2.09. The third-order valence-electron chi connectivity index (χ3n) is 5.61. The highest BCUT2D eigenvalue weighted by molar-refractivity contribution is 7.70. The molecule has 1 aliphatic rings. The van der Waals surface area contributed by atoms with Gasteiger partial charge in [-0.2, -0.15) is 0 Å². The van der Waals surface area contributed by atoms with Crippen LogP contribution in [-0.2, 0) is 31.5 Å². The van der Waals surface area contributed by atoms with Crippen LogP contribution in [0.4, 0.5) is 5.82 Å². The van der Waals surface area contributed by atoms with E-state index in [4.69, 9.17) is 19.0 Å². The minimum Gasteiger partial charge on any atom is -0.388 e. The van der Waals surface area contributed by atoms with Crippen molar-refractivity contribution in [3.63, 3.8) is 0 Å². The Hall–Kier alpha value is -2.51. The van der Waals surface area contributed by atoms with Gasteiger partial charge in [-0.1, -0.05) is 36.9 Å². The topological polar surface area (TPSA) is 209 Å². The van der Waals surface area contributed by atoms with Crippen LogP contribution in [0.5, 0.6) is 0 Å². The molecule has 0 saturated carbocycles. The molecular weight excluding hydrogens is 528 g/mol. The summed E-state index contributed by atoms with van der Waals surface area (Å²) in [7, 11) is -9.46. The van der Waals surface area contributed by atoms with Gasteiger partial charge in [-0.05, 0) is 11.6 Å². The molecule has 3 aromatic rings. The monoisotopic (exact) mass is 555 g/mol. The first-order valence-corrected chi connectivity index (χ1v) is 14.7. The summed E-state index contributed by atoms with van der Waals surface area (Å²) in [6, 6.07) is 9.69. The Bertz CT molecular complexity index is 1350. The Kier molecular flexibility index (Phi) is 8.24. The standard InChI is InChI=1S/C21H27N5O9P2/c1-2-16-24-20(22-8-13-6-4-3-5-7-13)17-21(25-16)26(11-23-17)9-14-18(27)19(28)15(35-14)10-34-37(32,33)12-36(29,30)31/h2-7,11,14-15,18-19,27-28H,1,8-10,12H2,(H,32,33)(H,22,24,25)(H2,29,30,31)/t14-,15+,18-,19+/m0/s1. The fourth-order valence-electron chi connectivity index (χ4n) is 3.86. The van der Waals surface area contributed by atoms with Gasteiger partial charge < -0.3 is 44.0 Å². The summed E-state index contributed by atoms with van der Waals surface area (Å²) in [5, 5.41) is 24.1. The first-order valence-electron chi connectivity index (χ1n) is 11.1. The quantitative estimate of drug-likeness (QED) is 0.182. The van der Waals surface area contributed by atoms with Crippen molar-refractivity contribution in [3.8, 4) is 0 Å². The number of hydrogen-bond donors (Lipinski definition) is 6. The zero-order chi connectivity index (χ0) is 26.8. The van der Waals surface area contributed by atoms with Crippen molar-refractivity contribution in [2.75, 3.05) is 17.8 Å². The molecule has 4 rings (SSSR count). The van der Waals surface area contributed by atoms with Crippen LogP contribution in [-0.4, -0.2) is 81.3 Å². The average Bonchev–Trinajstić information content (AvgIpc) is 3.36. The van der Waals surface area contributed by atoms with Crippen LogP contribution in [0.15, 0.2) is 43.2 Å². The number of fused-ring (bicyclic) bond motifs is 1. The number of imidazole rings is 1. The first kappa shape index (κ1) is 27.5. The first-order chi connectivity index (χ1) is 17.5. The molecule has 0 aliphatic carbocycles. The Morgan fingerprint density at radius 3 is 2.49 bits per heavy atom. The van der Waals surface area contributed by atoms with Crippen molar-refractivity contribution in [1.29, 1.82) is 0 Å². The molecule has 1 unspecified atom stereocenters. The molecule has 16 heteroatoms. The van der Waals surface area contributed by atoms with Crippen LogP contribution >= 0.6 is 15.2 Å². The molecule has 1 aromatic carbocycles. The highest BCUT2D eigenvalue weighted by Crippen LogP contribution is 2.55. The van der Waals surface area contributed by atoms with Crippen molar-refractivity contribution in [1.82, 2.24) is 19.5 Å². The number of aromatic nitrogens is 4. The molecular formula is C21H27N5O9P2. The number of benzene rings is 1. The van der Waals surface area contributed by atoms with Crippen LogP contribution in [0.3, 0.4) is 0 Å². The molecule has 0 bridgehead atoms. The van der Waals surface area contributed by atoms with Crippen molar-refractivity contribution in [3.05, 3.63) is 54.6 Å². The number of nitrogens with one attached hydrogen (secondary N) is 1. The van der Waals surface area contributed by atoms with Gasteiger partial charge in [-0.25, -0.2) is 15.0 Å². The van der Waals surface area contributed by atoms with Gasteiger partial charge in [0.05, 0.1) is 19.5 Å². The predicted molar refractivity (Wildman–Crippen MR) is 133 cm³/mol. The summed E-state index contributed by atoms with van der Waals surface area (Å²) in [4.78, 5) is 40.7. The van der Waals surface area contributed by atoms with Crippen molar-refractivity contribution >= 4 is 38.2 Å². The summed E-state index contributed by atoms with van der Waals surface area (Å²) in [5.41, 5.74) is 1.92. The van der Waals surface area contributed by atoms with Crippen molar-refractivity contribution < 1.29 is 43.3 Å². The number of nitrogens with zero attached hydrogens (tertiary/aromatic N) is 4. The maximum Gasteiger partial charge on any atom is 0.340 e. The van der Waals surface area contributed by atoms with E-state index < -0.39 is 52.1 Å². The second-order valence-corrected chi connectivity index (χ2v) is 12.5. The highest BCUT2D eigenvalue weighted by Gasteiger charge is 2.44. The largest absolute Gasteiger partial charge is 0.388 e. The van der Waals surface area contributed by atoms with Crippen molar-refractivity contribution in [2.24, 2.45) is 0 Å². The van der Waals surface area contributed by atoms with Gasteiger partial charge in [-0.3, -0.25) is 9.13 Å². The van der Waals surface area contributed by atoms with E-state index in [1.54, 1.807) is 4.57 Å². The summed E-state index contributed by atoms with van der Waals surface area (Å²) in [5.74, 6) is -0.555. The summed E-state index contributed by atoms with van der Waals surface area (Å²) < 4.78 is 34.9. The van der Waals surface area contributed by atoms with E-state index in [1.807, 2.05) is 30.3 Å². The molecule has 0 spiro atoms. The van der Waals surface area contributed by atoms with E-state index >= 15 is 0 Å². The molecule has 37 heavy (non-hydrogen) atoms. The molecule has 14 nitrogen and oxygen atoms in total. The zero-order valence-electron chi connectivity index (χ0n) is 19.4. The number of anilines is 1. The van der Waals surface area contributed by atoms with Crippen LogP contribution in [0, 0.1) is 0 Å². The van der Waals surface area contributed by atoms with Crippen molar-refractivity contribution in [2.45, 2.75) is 37.5 Å². The van der Waals surface area contributed by atoms with E-state index in [0.717, 1.165) is 5.56 Å². The molecule has 6 N–H and O–H groups in total. The lowest BCUT2D eigenvalue weighted by atomic mass is 10.1. The second kappa shape index (κ2) is 11.1. The maximum absolute atomic E-state index is 11.9. The minimum absolute atomic E-state index is 0.0101. The molecule has 1 aliphatic heterocycles. The molecule has 1 saturated heterocycles. The lowest BCUT2D eigenvalue weighted by Crippen LogP contribution is -2.35. The Balaban J connectivity index is 1.48. The van der Waals surface area contributed by atoms with Gasteiger partial charge in [-0.15, -0.1) is 0 Å². The molecule has 0 amide bonds. The van der Waals surface area contributed by atoms with Gasteiger partial charge in [0.2, 0.25) is 0 Å². The number of aliphatic hydroxyl groups is 2. The Morgan fingerprint density at radius 1 is 1.11 bits per heavy atom. The fraction of sp³-hybridized carbons (Fsp3) is 0.381. The lowest BCUT2D eigenvalue weighted by molar-refractivity contribution is -0.0224. The lowest BCUT2D eigenvalue weighted by Gasteiger charge is -2.18. The predicted octanol–water partition coefficient (Wildman–Crippen LogP) is 0.908. The SMILES string of the molecule is C=Cc1nc(NCc2ccccc2)c2ncn(C[C@@H]3O[C@H](COP(=O)(O)CP(=O)(O)O)[C@@H](O)[C@H]3O)c2n1. The van der Waals surface area contributed by atoms with E-state index in [1.165, 1.54) is 12.4 Å². The minimum atomic E-state index is -4.81. The van der Waals surface area contributed by atoms with E-state index in [9.17, 15) is 24.2 Å². The molecule has 0 radical (unpaired) electrons. The Labute approximate surface area is 211 Å².